The molecule has 0 spiro atoms. The van der Waals surface area contributed by atoms with Gasteiger partial charge < -0.3 is 10.2 Å². The van der Waals surface area contributed by atoms with Gasteiger partial charge in [-0.15, -0.1) is 0 Å². The second-order valence-electron chi connectivity index (χ2n) is 5.66. The highest BCUT2D eigenvalue weighted by Crippen LogP contribution is 2.41. The molecular weight excluding hydrogens is 243 g/mol. The van der Waals surface area contributed by atoms with Crippen molar-refractivity contribution in [3.05, 3.63) is 35.6 Å². The largest absolute Gasteiger partial charge is 0.331 e. The molecule has 2 aliphatic carbocycles. The van der Waals surface area contributed by atoms with Gasteiger partial charge in [0.05, 0.1) is 6.04 Å². The van der Waals surface area contributed by atoms with Crippen LogP contribution in [0.15, 0.2) is 24.3 Å². The topological polar surface area (TPSA) is 32.3 Å². The van der Waals surface area contributed by atoms with Crippen LogP contribution < -0.4 is 5.32 Å². The Labute approximate surface area is 112 Å². The zero-order chi connectivity index (χ0) is 13.4. The Bertz CT molecular complexity index is 466. The van der Waals surface area contributed by atoms with Gasteiger partial charge in [0.2, 0.25) is 0 Å². The molecule has 2 saturated carbocycles. The number of carbonyl (C=O) groups excluding carboxylic acids is 1. The van der Waals surface area contributed by atoms with E-state index in [1.165, 1.54) is 12.1 Å². The molecule has 2 aliphatic rings. The summed E-state index contributed by atoms with van der Waals surface area (Å²) in [4.78, 5) is 13.9. The first-order chi connectivity index (χ1) is 9.15. The van der Waals surface area contributed by atoms with Gasteiger partial charge >= 0.3 is 6.03 Å². The van der Waals surface area contributed by atoms with Crippen molar-refractivity contribution in [3.63, 3.8) is 0 Å². The average molecular weight is 262 g/mol. The smallest absolute Gasteiger partial charge is 0.317 e. The zero-order valence-corrected chi connectivity index (χ0v) is 11.1. The van der Waals surface area contributed by atoms with Gasteiger partial charge in [-0.1, -0.05) is 12.1 Å². The molecule has 1 aromatic rings. The van der Waals surface area contributed by atoms with Crippen LogP contribution in [0.25, 0.3) is 0 Å². The summed E-state index contributed by atoms with van der Waals surface area (Å²) in [6, 6.07) is 6.89. The van der Waals surface area contributed by atoms with Crippen LogP contribution in [0.3, 0.4) is 0 Å². The third-order valence-corrected chi connectivity index (χ3v) is 4.02. The first-order valence-electron chi connectivity index (χ1n) is 6.94. The third-order valence-electron chi connectivity index (χ3n) is 4.02. The lowest BCUT2D eigenvalue weighted by molar-refractivity contribution is 0.201. The van der Waals surface area contributed by atoms with Crippen LogP contribution in [-0.4, -0.2) is 24.0 Å². The fourth-order valence-electron chi connectivity index (χ4n) is 2.44. The Morgan fingerprint density at radius 3 is 2.42 bits per heavy atom. The highest BCUT2D eigenvalue weighted by atomic mass is 19.1. The molecule has 0 radical (unpaired) electrons. The molecule has 0 unspecified atom stereocenters. The summed E-state index contributed by atoms with van der Waals surface area (Å²) in [7, 11) is 1.85. The highest BCUT2D eigenvalue weighted by molar-refractivity contribution is 5.75. The summed E-state index contributed by atoms with van der Waals surface area (Å²) in [6.45, 7) is 0. The van der Waals surface area contributed by atoms with Gasteiger partial charge in [-0.2, -0.15) is 0 Å². The van der Waals surface area contributed by atoms with Gasteiger partial charge in [-0.3, -0.25) is 0 Å². The van der Waals surface area contributed by atoms with E-state index in [1.54, 1.807) is 17.0 Å². The number of hydrogen-bond donors (Lipinski definition) is 1. The van der Waals surface area contributed by atoms with Crippen molar-refractivity contribution in [1.29, 1.82) is 0 Å². The van der Waals surface area contributed by atoms with E-state index in [0.29, 0.717) is 12.0 Å². The predicted octanol–water partition coefficient (Wildman–Crippen LogP) is 3.08. The van der Waals surface area contributed by atoms with Gasteiger partial charge in [-0.05, 0) is 49.3 Å². The Kier molecular flexibility index (Phi) is 3.17. The Morgan fingerprint density at radius 1 is 1.26 bits per heavy atom. The average Bonchev–Trinajstić information content (AvgIpc) is 3.29. The Balaban J connectivity index is 1.70. The lowest BCUT2D eigenvalue weighted by atomic mass is 10.0. The third kappa shape index (κ3) is 2.88. The molecule has 1 N–H and O–H groups in total. The number of benzene rings is 1. The standard InChI is InChI=1S/C15H19FN2O/c1-18(13-8-9-13)15(19)17-14(10-2-3-10)11-4-6-12(16)7-5-11/h4-7,10,13-14H,2-3,8-9H2,1H3,(H,17,19)/t14-/m1/s1. The summed E-state index contributed by atoms with van der Waals surface area (Å²) in [6.07, 6.45) is 4.48. The molecule has 0 heterocycles. The predicted molar refractivity (Wildman–Crippen MR) is 71.2 cm³/mol. The molecule has 1 aromatic carbocycles. The molecule has 3 nitrogen and oxygen atoms in total. The van der Waals surface area contributed by atoms with E-state index in [9.17, 15) is 9.18 Å². The minimum Gasteiger partial charge on any atom is -0.331 e. The fraction of sp³-hybridized carbons (Fsp3) is 0.533. The molecular formula is C15H19FN2O. The number of rotatable bonds is 4. The summed E-state index contributed by atoms with van der Waals surface area (Å²) >= 11 is 0. The van der Waals surface area contributed by atoms with E-state index in [2.05, 4.69) is 5.32 Å². The van der Waals surface area contributed by atoms with Crippen molar-refractivity contribution in [2.75, 3.05) is 7.05 Å². The fourth-order valence-corrected chi connectivity index (χ4v) is 2.44. The Hall–Kier alpha value is -1.58. The van der Waals surface area contributed by atoms with Crippen LogP contribution in [0.1, 0.15) is 37.3 Å². The van der Waals surface area contributed by atoms with Crippen LogP contribution >= 0.6 is 0 Å². The number of halogens is 1. The Morgan fingerprint density at radius 2 is 1.89 bits per heavy atom. The second kappa shape index (κ2) is 4.83. The summed E-state index contributed by atoms with van der Waals surface area (Å²) in [5, 5.41) is 3.10. The van der Waals surface area contributed by atoms with Crippen molar-refractivity contribution >= 4 is 6.03 Å². The van der Waals surface area contributed by atoms with E-state index in [1.807, 2.05) is 7.05 Å². The van der Waals surface area contributed by atoms with Gasteiger partial charge in [0.25, 0.3) is 0 Å². The molecule has 2 amide bonds. The molecule has 0 bridgehead atoms. The molecule has 0 aromatic heterocycles. The van der Waals surface area contributed by atoms with Crippen molar-refractivity contribution < 1.29 is 9.18 Å². The molecule has 1 atom stereocenters. The molecule has 4 heteroatoms. The van der Waals surface area contributed by atoms with Crippen LogP contribution in [0.5, 0.6) is 0 Å². The molecule has 102 valence electrons. The van der Waals surface area contributed by atoms with Crippen molar-refractivity contribution in [3.8, 4) is 0 Å². The monoisotopic (exact) mass is 262 g/mol. The zero-order valence-electron chi connectivity index (χ0n) is 11.1. The van der Waals surface area contributed by atoms with E-state index in [-0.39, 0.29) is 17.9 Å². The van der Waals surface area contributed by atoms with Crippen LogP contribution in [0.2, 0.25) is 0 Å². The first-order valence-corrected chi connectivity index (χ1v) is 6.94. The number of nitrogens with one attached hydrogen (secondary N) is 1. The van der Waals surface area contributed by atoms with Crippen LogP contribution in [-0.2, 0) is 0 Å². The van der Waals surface area contributed by atoms with Crippen molar-refractivity contribution in [2.24, 2.45) is 5.92 Å². The number of amides is 2. The van der Waals surface area contributed by atoms with E-state index in [0.717, 1.165) is 31.2 Å². The van der Waals surface area contributed by atoms with Crippen molar-refractivity contribution in [2.45, 2.75) is 37.8 Å². The normalized spacial score (nSPS) is 19.9. The lowest BCUT2D eigenvalue weighted by Crippen LogP contribution is -2.41. The second-order valence-corrected chi connectivity index (χ2v) is 5.66. The lowest BCUT2D eigenvalue weighted by Gasteiger charge is -2.24. The van der Waals surface area contributed by atoms with Gasteiger partial charge in [0, 0.05) is 13.1 Å². The SMILES string of the molecule is CN(C(=O)N[C@@H](c1ccc(F)cc1)C1CC1)C1CC1. The minimum atomic E-state index is -0.236. The maximum Gasteiger partial charge on any atom is 0.317 e. The molecule has 19 heavy (non-hydrogen) atoms. The van der Waals surface area contributed by atoms with Crippen LogP contribution in [0, 0.1) is 11.7 Å². The maximum absolute atomic E-state index is 13.0. The number of nitrogens with zero attached hydrogens (tertiary/aromatic N) is 1. The summed E-state index contributed by atoms with van der Waals surface area (Å²) < 4.78 is 13.0. The molecule has 2 fully saturated rings. The number of carbonyl (C=O) groups is 1. The summed E-state index contributed by atoms with van der Waals surface area (Å²) in [5.41, 5.74) is 1.00. The minimum absolute atomic E-state index is 0.0104. The van der Waals surface area contributed by atoms with Gasteiger partial charge in [0.1, 0.15) is 5.82 Å². The highest BCUT2D eigenvalue weighted by Gasteiger charge is 2.36. The first kappa shape index (κ1) is 12.5. The number of hydrogen-bond acceptors (Lipinski definition) is 1. The quantitative estimate of drug-likeness (QED) is 0.888. The van der Waals surface area contributed by atoms with E-state index < -0.39 is 0 Å². The van der Waals surface area contributed by atoms with E-state index in [4.69, 9.17) is 0 Å². The number of urea groups is 1. The van der Waals surface area contributed by atoms with Crippen molar-refractivity contribution in [1.82, 2.24) is 10.2 Å². The summed E-state index contributed by atoms with van der Waals surface area (Å²) in [5.74, 6) is 0.265. The molecule has 0 saturated heterocycles. The van der Waals surface area contributed by atoms with Gasteiger partial charge in [0.15, 0.2) is 0 Å². The van der Waals surface area contributed by atoms with E-state index >= 15 is 0 Å². The molecule has 3 rings (SSSR count). The molecule has 0 aliphatic heterocycles. The maximum atomic E-state index is 13.0. The van der Waals surface area contributed by atoms with Crippen LogP contribution in [0.4, 0.5) is 9.18 Å². The van der Waals surface area contributed by atoms with Gasteiger partial charge in [-0.25, -0.2) is 9.18 Å².